The van der Waals surface area contributed by atoms with Crippen LogP contribution in [0.5, 0.6) is 0 Å². The number of benzene rings is 2. The minimum Gasteiger partial charge on any atom is -0.296 e. The molecule has 2 aromatic rings. The number of hydrogen-bond donors (Lipinski definition) is 1. The summed E-state index contributed by atoms with van der Waals surface area (Å²) < 4.78 is 40.6. The van der Waals surface area contributed by atoms with Gasteiger partial charge in [-0.1, -0.05) is 43.6 Å². The zero-order chi connectivity index (χ0) is 18.4. The second kappa shape index (κ2) is 8.76. The Bertz CT molecular complexity index is 793. The standard InChI is InChI=1S/C18H22ClFN2O2S/c1-3-22(4-2)18(16-7-5-6-8-17(16)19)13-21-25(23,24)15-11-9-14(20)10-12-15/h5-12,18,21H,3-4,13H2,1-2H3. The van der Waals surface area contributed by atoms with Gasteiger partial charge in [0.25, 0.3) is 0 Å². The maximum Gasteiger partial charge on any atom is 0.240 e. The second-order valence-electron chi connectivity index (χ2n) is 5.56. The number of nitrogens with one attached hydrogen (secondary N) is 1. The number of halogens is 2. The van der Waals surface area contributed by atoms with Crippen molar-refractivity contribution in [1.29, 1.82) is 0 Å². The summed E-state index contributed by atoms with van der Waals surface area (Å²) >= 11 is 6.32. The van der Waals surface area contributed by atoms with Gasteiger partial charge in [0, 0.05) is 17.6 Å². The number of likely N-dealkylation sites (N-methyl/N-ethyl adjacent to an activating group) is 1. The van der Waals surface area contributed by atoms with Crippen LogP contribution in [0.3, 0.4) is 0 Å². The monoisotopic (exact) mass is 384 g/mol. The van der Waals surface area contributed by atoms with Crippen LogP contribution in [0.15, 0.2) is 53.4 Å². The molecule has 0 heterocycles. The van der Waals surface area contributed by atoms with Gasteiger partial charge in [0.15, 0.2) is 0 Å². The van der Waals surface area contributed by atoms with Gasteiger partial charge in [-0.05, 0) is 49.0 Å². The summed E-state index contributed by atoms with van der Waals surface area (Å²) in [7, 11) is -3.73. The topological polar surface area (TPSA) is 49.4 Å². The Kier molecular flexibility index (Phi) is 6.95. The molecule has 0 saturated carbocycles. The van der Waals surface area contributed by atoms with E-state index in [-0.39, 0.29) is 17.5 Å². The summed E-state index contributed by atoms with van der Waals surface area (Å²) in [4.78, 5) is 2.17. The van der Waals surface area contributed by atoms with Crippen LogP contribution in [0.4, 0.5) is 4.39 Å². The molecule has 7 heteroatoms. The zero-order valence-electron chi connectivity index (χ0n) is 14.2. The predicted octanol–water partition coefficient (Wildman–Crippen LogP) is 3.84. The molecule has 0 radical (unpaired) electrons. The van der Waals surface area contributed by atoms with Crippen LogP contribution in [-0.4, -0.2) is 33.0 Å². The van der Waals surface area contributed by atoms with E-state index in [1.54, 1.807) is 6.07 Å². The minimum absolute atomic E-state index is 0.0337. The second-order valence-corrected chi connectivity index (χ2v) is 7.74. The highest BCUT2D eigenvalue weighted by Crippen LogP contribution is 2.27. The lowest BCUT2D eigenvalue weighted by molar-refractivity contribution is 0.220. The third kappa shape index (κ3) is 5.01. The van der Waals surface area contributed by atoms with Crippen molar-refractivity contribution in [3.63, 3.8) is 0 Å². The van der Waals surface area contributed by atoms with Gasteiger partial charge in [-0.2, -0.15) is 0 Å². The number of rotatable bonds is 8. The lowest BCUT2D eigenvalue weighted by atomic mass is 10.1. The number of sulfonamides is 1. The van der Waals surface area contributed by atoms with E-state index in [0.717, 1.165) is 30.8 Å². The molecule has 1 unspecified atom stereocenters. The van der Waals surface area contributed by atoms with Gasteiger partial charge in [-0.25, -0.2) is 17.5 Å². The van der Waals surface area contributed by atoms with Crippen molar-refractivity contribution in [2.75, 3.05) is 19.6 Å². The van der Waals surface area contributed by atoms with Crippen molar-refractivity contribution in [2.24, 2.45) is 0 Å². The lowest BCUT2D eigenvalue weighted by Gasteiger charge is -2.30. The smallest absolute Gasteiger partial charge is 0.240 e. The molecule has 25 heavy (non-hydrogen) atoms. The Balaban J connectivity index is 2.25. The van der Waals surface area contributed by atoms with E-state index in [9.17, 15) is 12.8 Å². The molecule has 0 aliphatic rings. The fraction of sp³-hybridized carbons (Fsp3) is 0.333. The van der Waals surface area contributed by atoms with Crippen molar-refractivity contribution < 1.29 is 12.8 Å². The van der Waals surface area contributed by atoms with Gasteiger partial charge < -0.3 is 0 Å². The van der Waals surface area contributed by atoms with Gasteiger partial charge in [-0.3, -0.25) is 4.90 Å². The lowest BCUT2D eigenvalue weighted by Crippen LogP contribution is -2.38. The van der Waals surface area contributed by atoms with Crippen molar-refractivity contribution in [3.05, 3.63) is 64.9 Å². The minimum atomic E-state index is -3.73. The molecule has 2 rings (SSSR count). The summed E-state index contributed by atoms with van der Waals surface area (Å²) in [5.41, 5.74) is 0.870. The first-order valence-electron chi connectivity index (χ1n) is 8.12. The van der Waals surface area contributed by atoms with Gasteiger partial charge >= 0.3 is 0 Å². The quantitative estimate of drug-likeness (QED) is 0.752. The van der Waals surface area contributed by atoms with Crippen LogP contribution in [0.25, 0.3) is 0 Å². The van der Waals surface area contributed by atoms with Crippen LogP contribution in [-0.2, 0) is 10.0 Å². The van der Waals surface area contributed by atoms with Crippen molar-refractivity contribution in [1.82, 2.24) is 9.62 Å². The molecule has 2 aromatic carbocycles. The Labute approximate surface area is 153 Å². The summed E-state index contributed by atoms with van der Waals surface area (Å²) in [6, 6.07) is 12.0. The van der Waals surface area contributed by atoms with Gasteiger partial charge in [0.2, 0.25) is 10.0 Å². The fourth-order valence-electron chi connectivity index (χ4n) is 2.73. The maximum absolute atomic E-state index is 13.0. The predicted molar refractivity (Wildman–Crippen MR) is 98.7 cm³/mol. The summed E-state index contributed by atoms with van der Waals surface area (Å²) in [6.45, 7) is 5.71. The van der Waals surface area contributed by atoms with Crippen molar-refractivity contribution >= 4 is 21.6 Å². The largest absolute Gasteiger partial charge is 0.296 e. The van der Waals surface area contributed by atoms with Crippen LogP contribution in [0, 0.1) is 5.82 Å². The SMILES string of the molecule is CCN(CC)C(CNS(=O)(=O)c1ccc(F)cc1)c1ccccc1Cl. The highest BCUT2D eigenvalue weighted by molar-refractivity contribution is 7.89. The normalized spacial score (nSPS) is 13.2. The zero-order valence-corrected chi connectivity index (χ0v) is 15.8. The molecule has 0 spiro atoms. The molecule has 4 nitrogen and oxygen atoms in total. The number of nitrogens with zero attached hydrogens (tertiary/aromatic N) is 1. The van der Waals surface area contributed by atoms with E-state index < -0.39 is 15.8 Å². The molecule has 0 aromatic heterocycles. The first kappa shape index (κ1) is 19.8. The molecular weight excluding hydrogens is 363 g/mol. The van der Waals surface area contributed by atoms with Crippen LogP contribution >= 0.6 is 11.6 Å². The average Bonchev–Trinajstić information content (AvgIpc) is 2.60. The van der Waals surface area contributed by atoms with Crippen molar-refractivity contribution in [3.8, 4) is 0 Å². The van der Waals surface area contributed by atoms with Gasteiger partial charge in [0.05, 0.1) is 4.90 Å². The van der Waals surface area contributed by atoms with Gasteiger partial charge in [0.1, 0.15) is 5.82 Å². The van der Waals surface area contributed by atoms with Gasteiger partial charge in [-0.15, -0.1) is 0 Å². The molecular formula is C18H22ClFN2O2S. The first-order chi connectivity index (χ1) is 11.9. The molecule has 0 fully saturated rings. The average molecular weight is 385 g/mol. The molecule has 0 aliphatic carbocycles. The molecule has 0 aliphatic heterocycles. The Morgan fingerprint density at radius 3 is 2.24 bits per heavy atom. The Morgan fingerprint density at radius 1 is 1.08 bits per heavy atom. The Morgan fingerprint density at radius 2 is 1.68 bits per heavy atom. The highest BCUT2D eigenvalue weighted by Gasteiger charge is 2.23. The number of hydrogen-bond acceptors (Lipinski definition) is 3. The van der Waals surface area contributed by atoms with E-state index in [4.69, 9.17) is 11.6 Å². The summed E-state index contributed by atoms with van der Waals surface area (Å²) in [5, 5.41) is 0.598. The molecule has 0 amide bonds. The summed E-state index contributed by atoms with van der Waals surface area (Å²) in [5.74, 6) is -0.476. The molecule has 0 saturated heterocycles. The molecule has 1 atom stereocenters. The van der Waals surface area contributed by atoms with E-state index >= 15 is 0 Å². The van der Waals surface area contributed by atoms with E-state index in [1.807, 2.05) is 32.0 Å². The van der Waals surface area contributed by atoms with Crippen LogP contribution in [0.2, 0.25) is 5.02 Å². The molecule has 1 N–H and O–H groups in total. The molecule has 0 bridgehead atoms. The van der Waals surface area contributed by atoms with Crippen molar-refractivity contribution in [2.45, 2.75) is 24.8 Å². The van der Waals surface area contributed by atoms with E-state index in [1.165, 1.54) is 12.1 Å². The molecule has 136 valence electrons. The third-order valence-electron chi connectivity index (χ3n) is 4.11. The summed E-state index contributed by atoms with van der Waals surface area (Å²) in [6.07, 6.45) is 0. The van der Waals surface area contributed by atoms with E-state index in [0.29, 0.717) is 5.02 Å². The van der Waals surface area contributed by atoms with Crippen LogP contribution < -0.4 is 4.72 Å². The fourth-order valence-corrected chi connectivity index (χ4v) is 4.03. The van der Waals surface area contributed by atoms with E-state index in [2.05, 4.69) is 9.62 Å². The van der Waals surface area contributed by atoms with Crippen LogP contribution in [0.1, 0.15) is 25.5 Å². The first-order valence-corrected chi connectivity index (χ1v) is 9.98. The third-order valence-corrected chi connectivity index (χ3v) is 5.89. The Hall–Kier alpha value is -1.47. The highest BCUT2D eigenvalue weighted by atomic mass is 35.5. The maximum atomic E-state index is 13.0.